The summed E-state index contributed by atoms with van der Waals surface area (Å²) >= 11 is 1.16. The predicted molar refractivity (Wildman–Crippen MR) is 94.9 cm³/mol. The van der Waals surface area contributed by atoms with E-state index in [0.717, 1.165) is 28.7 Å². The van der Waals surface area contributed by atoms with E-state index in [2.05, 4.69) is 10.4 Å². The first kappa shape index (κ1) is 16.9. The molecule has 0 fully saturated rings. The lowest BCUT2D eigenvalue weighted by Gasteiger charge is -2.26. The fourth-order valence-electron chi connectivity index (χ4n) is 3.36. The number of thiazole rings is 1. The number of hydrazine groups is 1. The smallest absolute Gasteiger partial charge is 0.305 e. The summed E-state index contributed by atoms with van der Waals surface area (Å²) in [5.41, 5.74) is 4.49. The molecule has 2 heterocycles. The zero-order valence-corrected chi connectivity index (χ0v) is 14.6. The lowest BCUT2D eigenvalue weighted by Crippen LogP contribution is -2.45. The summed E-state index contributed by atoms with van der Waals surface area (Å²) in [5, 5.41) is 11.7. The number of halogens is 2. The van der Waals surface area contributed by atoms with Gasteiger partial charge < -0.3 is 10.1 Å². The zero-order chi connectivity index (χ0) is 18.5. The Labute approximate surface area is 151 Å². The summed E-state index contributed by atoms with van der Waals surface area (Å²) in [4.78, 5) is 15.6. The number of hydrogen-bond acceptors (Lipinski definition) is 5. The fraction of sp³-hybridized carbons (Fsp3) is 0.222. The highest BCUT2D eigenvalue weighted by Crippen LogP contribution is 2.40. The Kier molecular flexibility index (Phi) is 3.89. The third-order valence-corrected chi connectivity index (χ3v) is 5.49. The van der Waals surface area contributed by atoms with Crippen molar-refractivity contribution >= 4 is 33.2 Å². The van der Waals surface area contributed by atoms with Gasteiger partial charge in [0.15, 0.2) is 0 Å². The average molecular weight is 375 g/mol. The number of aliphatic carboxylic acids is 1. The van der Waals surface area contributed by atoms with Crippen LogP contribution in [0.15, 0.2) is 36.4 Å². The number of carbonyl (C=O) groups is 1. The van der Waals surface area contributed by atoms with Gasteiger partial charge in [-0.3, -0.25) is 4.79 Å². The van der Waals surface area contributed by atoms with E-state index in [1.807, 2.05) is 36.2 Å². The van der Waals surface area contributed by atoms with Crippen molar-refractivity contribution in [2.45, 2.75) is 25.4 Å². The van der Waals surface area contributed by atoms with Crippen LogP contribution in [0, 0.1) is 11.6 Å². The number of anilines is 1. The molecule has 0 radical (unpaired) electrons. The van der Waals surface area contributed by atoms with Crippen LogP contribution in [0.25, 0.3) is 10.2 Å². The van der Waals surface area contributed by atoms with E-state index >= 15 is 0 Å². The van der Waals surface area contributed by atoms with Crippen LogP contribution in [0.1, 0.15) is 23.9 Å². The molecule has 1 aliphatic heterocycles. The number of nitrogens with zero attached hydrogens (tertiary/aromatic N) is 2. The molecule has 2 N–H and O–H groups in total. The molecular weight excluding hydrogens is 360 g/mol. The van der Waals surface area contributed by atoms with Crippen LogP contribution < -0.4 is 10.4 Å². The van der Waals surface area contributed by atoms with E-state index in [4.69, 9.17) is 0 Å². The minimum Gasteiger partial charge on any atom is -0.481 e. The van der Waals surface area contributed by atoms with Crippen LogP contribution in [0.4, 0.5) is 14.5 Å². The van der Waals surface area contributed by atoms with Crippen molar-refractivity contribution in [2.75, 3.05) is 5.01 Å². The lowest BCUT2D eigenvalue weighted by molar-refractivity contribution is -0.138. The van der Waals surface area contributed by atoms with E-state index in [9.17, 15) is 18.7 Å². The quantitative estimate of drug-likeness (QED) is 0.726. The summed E-state index contributed by atoms with van der Waals surface area (Å²) in [6, 6.07) is 9.56. The van der Waals surface area contributed by atoms with Crippen LogP contribution >= 0.6 is 11.3 Å². The monoisotopic (exact) mass is 375 g/mol. The van der Waals surface area contributed by atoms with Gasteiger partial charge in [0, 0.05) is 12.1 Å². The molecule has 134 valence electrons. The highest BCUT2D eigenvalue weighted by Gasteiger charge is 2.40. The molecule has 8 heteroatoms. The summed E-state index contributed by atoms with van der Waals surface area (Å²) in [6.07, 6.45) is -0.0831. The predicted octanol–water partition coefficient (Wildman–Crippen LogP) is 3.79. The second-order valence-corrected chi connectivity index (χ2v) is 7.54. The molecule has 0 amide bonds. The molecule has 2 aromatic carbocycles. The highest BCUT2D eigenvalue weighted by molar-refractivity contribution is 7.18. The number of para-hydroxylation sites is 1. The minimum atomic E-state index is -0.908. The molecule has 0 bridgehead atoms. The van der Waals surface area contributed by atoms with E-state index < -0.39 is 23.1 Å². The standard InChI is InChI=1S/C18H15F2N3O2S/c1-18(8-16(24)25)11-4-2-3-5-14(11)23(22-18)9-15-21-13-7-10(19)6-12(20)17(13)26-15/h2-7,22H,8-9H2,1H3,(H,24,25). The minimum absolute atomic E-state index is 0.0831. The number of aromatic nitrogens is 1. The first-order chi connectivity index (χ1) is 12.4. The molecule has 26 heavy (non-hydrogen) atoms. The second-order valence-electron chi connectivity index (χ2n) is 6.46. The van der Waals surface area contributed by atoms with Gasteiger partial charge in [-0.15, -0.1) is 11.3 Å². The third kappa shape index (κ3) is 2.81. The number of carboxylic acid groups (broad SMARTS) is 1. The van der Waals surface area contributed by atoms with Gasteiger partial charge in [-0.25, -0.2) is 19.2 Å². The van der Waals surface area contributed by atoms with Gasteiger partial charge >= 0.3 is 5.97 Å². The van der Waals surface area contributed by atoms with Gasteiger partial charge in [-0.1, -0.05) is 18.2 Å². The lowest BCUT2D eigenvalue weighted by atomic mass is 9.90. The van der Waals surface area contributed by atoms with Gasteiger partial charge in [0.05, 0.1) is 34.4 Å². The Bertz CT molecular complexity index is 1020. The van der Waals surface area contributed by atoms with E-state index in [1.54, 1.807) is 0 Å². The maximum Gasteiger partial charge on any atom is 0.305 e. The summed E-state index contributed by atoms with van der Waals surface area (Å²) in [7, 11) is 0. The number of rotatable bonds is 4. The van der Waals surface area contributed by atoms with Crippen molar-refractivity contribution in [3.05, 3.63) is 58.6 Å². The zero-order valence-electron chi connectivity index (χ0n) is 13.8. The third-order valence-electron chi connectivity index (χ3n) is 4.42. The fourth-order valence-corrected chi connectivity index (χ4v) is 4.30. The molecule has 0 spiro atoms. The first-order valence-electron chi connectivity index (χ1n) is 7.97. The largest absolute Gasteiger partial charge is 0.481 e. The number of hydrogen-bond donors (Lipinski definition) is 2. The Hall–Kier alpha value is -2.58. The Morgan fingerprint density at radius 2 is 2.12 bits per heavy atom. The van der Waals surface area contributed by atoms with Crippen LogP contribution in [0.3, 0.4) is 0 Å². The van der Waals surface area contributed by atoms with Crippen molar-refractivity contribution in [3.63, 3.8) is 0 Å². The van der Waals surface area contributed by atoms with E-state index in [0.29, 0.717) is 16.3 Å². The summed E-state index contributed by atoms with van der Waals surface area (Å²) in [5.74, 6) is -2.20. The molecule has 3 aromatic rings. The van der Waals surface area contributed by atoms with Crippen LogP contribution in [-0.4, -0.2) is 16.1 Å². The molecule has 1 aromatic heterocycles. The van der Waals surface area contributed by atoms with Crippen LogP contribution in [-0.2, 0) is 16.9 Å². The first-order valence-corrected chi connectivity index (χ1v) is 8.78. The maximum atomic E-state index is 13.9. The number of carboxylic acids is 1. The highest BCUT2D eigenvalue weighted by atomic mass is 32.1. The van der Waals surface area contributed by atoms with Crippen molar-refractivity contribution in [1.82, 2.24) is 10.4 Å². The Morgan fingerprint density at radius 1 is 1.35 bits per heavy atom. The summed E-state index contributed by atoms with van der Waals surface area (Å²) in [6.45, 7) is 2.14. The maximum absolute atomic E-state index is 13.9. The van der Waals surface area contributed by atoms with Crippen LogP contribution in [0.5, 0.6) is 0 Å². The number of fused-ring (bicyclic) bond motifs is 2. The molecule has 5 nitrogen and oxygen atoms in total. The number of nitrogens with one attached hydrogen (secondary N) is 1. The van der Waals surface area contributed by atoms with Gasteiger partial charge in [0.25, 0.3) is 0 Å². The SMILES string of the molecule is CC1(CC(=O)O)NN(Cc2nc3cc(F)cc(F)c3s2)c2ccccc21. The van der Waals surface area contributed by atoms with Crippen molar-refractivity contribution < 1.29 is 18.7 Å². The van der Waals surface area contributed by atoms with Crippen molar-refractivity contribution in [1.29, 1.82) is 0 Å². The van der Waals surface area contributed by atoms with E-state index in [-0.39, 0.29) is 11.9 Å². The molecular formula is C18H15F2N3O2S. The van der Waals surface area contributed by atoms with Crippen molar-refractivity contribution in [3.8, 4) is 0 Å². The summed E-state index contributed by atoms with van der Waals surface area (Å²) < 4.78 is 27.6. The van der Waals surface area contributed by atoms with E-state index in [1.165, 1.54) is 6.07 Å². The number of benzene rings is 2. The second kappa shape index (κ2) is 6.00. The molecule has 1 atom stereocenters. The normalized spacial score (nSPS) is 19.1. The van der Waals surface area contributed by atoms with Gasteiger partial charge in [0.2, 0.25) is 0 Å². The molecule has 1 aliphatic rings. The average Bonchev–Trinajstić information content (AvgIpc) is 3.07. The molecule has 4 rings (SSSR count). The molecule has 0 saturated carbocycles. The van der Waals surface area contributed by atoms with Gasteiger partial charge in [0.1, 0.15) is 16.6 Å². The Morgan fingerprint density at radius 3 is 2.88 bits per heavy atom. The topological polar surface area (TPSA) is 65.5 Å². The van der Waals surface area contributed by atoms with Gasteiger partial charge in [-0.2, -0.15) is 0 Å². The molecule has 0 saturated heterocycles. The van der Waals surface area contributed by atoms with Crippen LogP contribution in [0.2, 0.25) is 0 Å². The van der Waals surface area contributed by atoms with Gasteiger partial charge in [-0.05, 0) is 18.6 Å². The molecule has 1 unspecified atom stereocenters. The van der Waals surface area contributed by atoms with Crippen molar-refractivity contribution in [2.24, 2.45) is 0 Å². The Balaban J connectivity index is 1.69. The molecule has 0 aliphatic carbocycles.